The number of hydrogen-bond acceptors (Lipinski definition) is 4. The van der Waals surface area contributed by atoms with Gasteiger partial charge in [0.1, 0.15) is 0 Å². The zero-order chi connectivity index (χ0) is 23.7. The number of amides is 1. The SMILES string of the molecule is CCOc1cc(CNC23CC4CC(CC(C4)C2)C3)c(Br)cc1OCC(=O)Nc1ccc(C)cc1. The van der Waals surface area contributed by atoms with Gasteiger partial charge < -0.3 is 20.1 Å². The summed E-state index contributed by atoms with van der Waals surface area (Å²) < 4.78 is 12.7. The van der Waals surface area contributed by atoms with Gasteiger partial charge in [-0.15, -0.1) is 0 Å². The molecule has 0 aromatic heterocycles. The molecule has 4 bridgehead atoms. The van der Waals surface area contributed by atoms with E-state index >= 15 is 0 Å². The first kappa shape index (κ1) is 23.7. The molecule has 182 valence electrons. The molecule has 0 saturated heterocycles. The second kappa shape index (κ2) is 9.90. The molecule has 4 fully saturated rings. The van der Waals surface area contributed by atoms with E-state index in [0.29, 0.717) is 23.6 Å². The highest BCUT2D eigenvalue weighted by atomic mass is 79.9. The molecule has 0 aliphatic heterocycles. The molecule has 2 N–H and O–H groups in total. The van der Waals surface area contributed by atoms with Gasteiger partial charge in [0, 0.05) is 22.2 Å². The number of hydrogen-bond donors (Lipinski definition) is 2. The average Bonchev–Trinajstić information content (AvgIpc) is 2.79. The van der Waals surface area contributed by atoms with Crippen molar-refractivity contribution in [2.75, 3.05) is 18.5 Å². The first-order chi connectivity index (χ1) is 16.4. The number of ether oxygens (including phenoxy) is 2. The summed E-state index contributed by atoms with van der Waals surface area (Å²) in [4.78, 5) is 12.4. The summed E-state index contributed by atoms with van der Waals surface area (Å²) in [5, 5.41) is 6.84. The summed E-state index contributed by atoms with van der Waals surface area (Å²) >= 11 is 3.73. The van der Waals surface area contributed by atoms with Crippen molar-refractivity contribution in [1.82, 2.24) is 5.32 Å². The predicted octanol–water partition coefficient (Wildman–Crippen LogP) is 6.23. The van der Waals surface area contributed by atoms with Crippen LogP contribution in [-0.4, -0.2) is 24.7 Å². The number of benzene rings is 2. The molecule has 2 aromatic rings. The van der Waals surface area contributed by atoms with E-state index < -0.39 is 0 Å². The third-order valence-electron chi connectivity index (χ3n) is 7.80. The summed E-state index contributed by atoms with van der Waals surface area (Å²) in [6.07, 6.45) is 8.32. The van der Waals surface area contributed by atoms with Crippen LogP contribution >= 0.6 is 15.9 Å². The summed E-state index contributed by atoms with van der Waals surface area (Å²) in [6, 6.07) is 11.7. The second-order valence-corrected chi connectivity index (χ2v) is 11.4. The Morgan fingerprint density at radius 2 is 1.62 bits per heavy atom. The van der Waals surface area contributed by atoms with Crippen molar-refractivity contribution >= 4 is 27.5 Å². The molecule has 0 heterocycles. The van der Waals surface area contributed by atoms with E-state index in [9.17, 15) is 4.79 Å². The lowest BCUT2D eigenvalue weighted by atomic mass is 9.53. The van der Waals surface area contributed by atoms with Crippen LogP contribution in [0.15, 0.2) is 40.9 Å². The van der Waals surface area contributed by atoms with Gasteiger partial charge >= 0.3 is 0 Å². The van der Waals surface area contributed by atoms with E-state index in [1.807, 2.05) is 50.2 Å². The van der Waals surface area contributed by atoms with Crippen LogP contribution in [0.5, 0.6) is 11.5 Å². The van der Waals surface area contributed by atoms with Gasteiger partial charge in [-0.3, -0.25) is 4.79 Å². The molecule has 4 saturated carbocycles. The van der Waals surface area contributed by atoms with Crippen molar-refractivity contribution in [2.24, 2.45) is 17.8 Å². The standard InChI is InChI=1S/C28H35BrN2O3/c1-3-33-25-11-22(16-30-28-13-19-8-20(14-28)10-21(9-19)15-28)24(29)12-26(25)34-17-27(32)31-23-6-4-18(2)5-7-23/h4-7,11-12,19-21,30H,3,8-10,13-17H2,1-2H3,(H,31,32). The van der Waals surface area contributed by atoms with Crippen LogP contribution < -0.4 is 20.1 Å². The number of halogens is 1. The number of aryl methyl sites for hydroxylation is 1. The van der Waals surface area contributed by atoms with Crippen molar-refractivity contribution in [3.05, 3.63) is 52.0 Å². The molecular weight excluding hydrogens is 492 g/mol. The molecule has 0 atom stereocenters. The average molecular weight is 528 g/mol. The minimum absolute atomic E-state index is 0.0781. The van der Waals surface area contributed by atoms with Crippen LogP contribution in [-0.2, 0) is 11.3 Å². The highest BCUT2D eigenvalue weighted by Crippen LogP contribution is 2.55. The van der Waals surface area contributed by atoms with Gasteiger partial charge in [-0.2, -0.15) is 0 Å². The van der Waals surface area contributed by atoms with E-state index in [4.69, 9.17) is 9.47 Å². The van der Waals surface area contributed by atoms with Crippen LogP contribution in [0.3, 0.4) is 0 Å². The number of anilines is 1. The Hall–Kier alpha value is -2.05. The number of carbonyl (C=O) groups excluding carboxylic acids is 1. The lowest BCUT2D eigenvalue weighted by Crippen LogP contribution is -2.58. The Morgan fingerprint density at radius 1 is 1.00 bits per heavy atom. The summed E-state index contributed by atoms with van der Waals surface area (Å²) in [7, 11) is 0. The molecule has 4 aliphatic carbocycles. The lowest BCUT2D eigenvalue weighted by Gasteiger charge is -2.57. The van der Waals surface area contributed by atoms with Crippen molar-refractivity contribution in [3.63, 3.8) is 0 Å². The maximum atomic E-state index is 12.4. The number of nitrogens with one attached hydrogen (secondary N) is 2. The van der Waals surface area contributed by atoms with Gasteiger partial charge in [-0.05, 0) is 100.0 Å². The maximum absolute atomic E-state index is 12.4. The molecule has 0 unspecified atom stereocenters. The van der Waals surface area contributed by atoms with Gasteiger partial charge in [0.05, 0.1) is 6.61 Å². The van der Waals surface area contributed by atoms with E-state index in [0.717, 1.165) is 45.6 Å². The topological polar surface area (TPSA) is 59.6 Å². The van der Waals surface area contributed by atoms with Crippen molar-refractivity contribution in [2.45, 2.75) is 64.5 Å². The Labute approximate surface area is 211 Å². The van der Waals surface area contributed by atoms with E-state index in [-0.39, 0.29) is 12.5 Å². The smallest absolute Gasteiger partial charge is 0.262 e. The van der Waals surface area contributed by atoms with E-state index in [1.165, 1.54) is 38.5 Å². The molecule has 4 aliphatic rings. The summed E-state index contributed by atoms with van der Waals surface area (Å²) in [5.41, 5.74) is 3.38. The van der Waals surface area contributed by atoms with E-state index in [2.05, 4.69) is 26.6 Å². The normalized spacial score (nSPS) is 27.0. The Kier molecular flexibility index (Phi) is 6.90. The van der Waals surface area contributed by atoms with Gasteiger partial charge in [0.15, 0.2) is 18.1 Å². The maximum Gasteiger partial charge on any atom is 0.262 e. The van der Waals surface area contributed by atoms with E-state index in [1.54, 1.807) is 0 Å². The second-order valence-electron chi connectivity index (χ2n) is 10.6. The zero-order valence-electron chi connectivity index (χ0n) is 20.2. The fourth-order valence-corrected chi connectivity index (χ4v) is 7.14. The molecule has 0 radical (unpaired) electrons. The Bertz CT molecular complexity index is 1000. The zero-order valence-corrected chi connectivity index (χ0v) is 21.7. The van der Waals surface area contributed by atoms with Crippen LogP contribution in [0.4, 0.5) is 5.69 Å². The van der Waals surface area contributed by atoms with Crippen LogP contribution in [0.1, 0.15) is 56.6 Å². The number of carbonyl (C=O) groups is 1. The molecule has 5 nitrogen and oxygen atoms in total. The fraction of sp³-hybridized carbons (Fsp3) is 0.536. The third kappa shape index (κ3) is 5.28. The van der Waals surface area contributed by atoms with Crippen LogP contribution in [0.25, 0.3) is 0 Å². The molecule has 6 heteroatoms. The monoisotopic (exact) mass is 526 g/mol. The molecule has 6 rings (SSSR count). The third-order valence-corrected chi connectivity index (χ3v) is 8.54. The highest BCUT2D eigenvalue weighted by Gasteiger charge is 2.50. The predicted molar refractivity (Wildman–Crippen MR) is 138 cm³/mol. The van der Waals surface area contributed by atoms with Gasteiger partial charge in [0.2, 0.25) is 0 Å². The largest absolute Gasteiger partial charge is 0.490 e. The minimum Gasteiger partial charge on any atom is -0.490 e. The number of rotatable bonds is 9. The minimum atomic E-state index is -0.199. The van der Waals surface area contributed by atoms with Crippen molar-refractivity contribution in [3.8, 4) is 11.5 Å². The Morgan fingerprint density at radius 3 is 2.24 bits per heavy atom. The molecule has 0 spiro atoms. The quantitative estimate of drug-likeness (QED) is 0.406. The van der Waals surface area contributed by atoms with Gasteiger partial charge in [-0.1, -0.05) is 33.6 Å². The van der Waals surface area contributed by atoms with Crippen molar-refractivity contribution < 1.29 is 14.3 Å². The highest BCUT2D eigenvalue weighted by molar-refractivity contribution is 9.10. The van der Waals surface area contributed by atoms with Crippen LogP contribution in [0.2, 0.25) is 0 Å². The van der Waals surface area contributed by atoms with Crippen LogP contribution in [0, 0.1) is 24.7 Å². The molecule has 34 heavy (non-hydrogen) atoms. The lowest BCUT2D eigenvalue weighted by molar-refractivity contribution is -0.118. The Balaban J connectivity index is 1.23. The summed E-state index contributed by atoms with van der Waals surface area (Å²) in [6.45, 7) is 5.25. The van der Waals surface area contributed by atoms with Crippen molar-refractivity contribution in [1.29, 1.82) is 0 Å². The van der Waals surface area contributed by atoms with Gasteiger partial charge in [0.25, 0.3) is 5.91 Å². The molecule has 2 aromatic carbocycles. The fourth-order valence-electron chi connectivity index (χ4n) is 6.68. The van der Waals surface area contributed by atoms with Gasteiger partial charge in [-0.25, -0.2) is 0 Å². The molecular formula is C28H35BrN2O3. The molecule has 1 amide bonds. The first-order valence-corrected chi connectivity index (χ1v) is 13.4. The first-order valence-electron chi connectivity index (χ1n) is 12.6. The summed E-state index contributed by atoms with van der Waals surface area (Å²) in [5.74, 6) is 3.81.